The lowest BCUT2D eigenvalue weighted by Gasteiger charge is -2.39. The first kappa shape index (κ1) is 25.7. The van der Waals surface area contributed by atoms with Crippen LogP contribution in [0.1, 0.15) is 58.2 Å². The fourth-order valence-electron chi connectivity index (χ4n) is 6.01. The van der Waals surface area contributed by atoms with E-state index >= 15 is 0 Å². The quantitative estimate of drug-likeness (QED) is 0.292. The predicted molar refractivity (Wildman–Crippen MR) is 142 cm³/mol. The molecule has 3 aromatic rings. The van der Waals surface area contributed by atoms with Crippen molar-refractivity contribution in [3.8, 4) is 0 Å². The van der Waals surface area contributed by atoms with E-state index in [1.165, 1.54) is 23.3 Å². The number of fused-ring (bicyclic) bond motifs is 1. The van der Waals surface area contributed by atoms with Gasteiger partial charge in [-0.2, -0.15) is 13.2 Å². The van der Waals surface area contributed by atoms with Gasteiger partial charge in [0.2, 0.25) is 0 Å². The van der Waals surface area contributed by atoms with Gasteiger partial charge in [-0.25, -0.2) is 0 Å². The molecule has 0 saturated carbocycles. The summed E-state index contributed by atoms with van der Waals surface area (Å²) >= 11 is 0. The van der Waals surface area contributed by atoms with Crippen molar-refractivity contribution in [1.29, 1.82) is 0 Å². The van der Waals surface area contributed by atoms with Gasteiger partial charge in [-0.1, -0.05) is 60.7 Å². The zero-order valence-electron chi connectivity index (χ0n) is 21.3. The molecule has 5 heteroatoms. The van der Waals surface area contributed by atoms with E-state index in [-0.39, 0.29) is 6.67 Å². The molecule has 0 amide bonds. The van der Waals surface area contributed by atoms with E-state index in [4.69, 9.17) is 0 Å². The number of aryl methyl sites for hydroxylation is 1. The molecule has 5 rings (SSSR count). The molecule has 2 aliphatic rings. The van der Waals surface area contributed by atoms with Crippen molar-refractivity contribution in [1.82, 2.24) is 4.90 Å². The molecule has 194 valence electrons. The third-order valence-electron chi connectivity index (χ3n) is 7.83. The topological polar surface area (TPSA) is 3.24 Å². The average Bonchev–Trinajstić information content (AvgIpc) is 3.05. The van der Waals surface area contributed by atoms with Gasteiger partial charge in [-0.15, -0.1) is 0 Å². The summed E-state index contributed by atoms with van der Waals surface area (Å²) in [6.07, 6.45) is -0.268. The Labute approximate surface area is 216 Å². The van der Waals surface area contributed by atoms with Crippen LogP contribution in [-0.2, 0) is 19.0 Å². The molecule has 0 radical (unpaired) electrons. The molecule has 0 aromatic heterocycles. The summed E-state index contributed by atoms with van der Waals surface area (Å²) in [7, 11) is 0. The van der Waals surface area contributed by atoms with Crippen LogP contribution in [0.5, 0.6) is 0 Å². The second-order valence-electron chi connectivity index (χ2n) is 10.4. The fourth-order valence-corrected chi connectivity index (χ4v) is 6.01. The summed E-state index contributed by atoms with van der Waals surface area (Å²) in [5.41, 5.74) is 7.11. The van der Waals surface area contributed by atoms with Gasteiger partial charge < -0.3 is 4.90 Å². The summed E-state index contributed by atoms with van der Waals surface area (Å²) in [6.45, 7) is 4.19. The van der Waals surface area contributed by atoms with Crippen LogP contribution in [0.3, 0.4) is 0 Å². The van der Waals surface area contributed by atoms with Crippen molar-refractivity contribution < 1.29 is 17.6 Å². The minimum atomic E-state index is -4.38. The molecule has 0 N–H and O–H groups in total. The Morgan fingerprint density at radius 2 is 1.59 bits per heavy atom. The Balaban J connectivity index is 1.51. The zero-order chi connectivity index (χ0) is 26.0. The third kappa shape index (κ3) is 5.52. The molecular weight excluding hydrogens is 474 g/mol. The Hall–Kier alpha value is -2.92. The summed E-state index contributed by atoms with van der Waals surface area (Å²) in [5.74, 6) is 0.589. The lowest BCUT2D eigenvalue weighted by Crippen LogP contribution is -2.47. The highest BCUT2D eigenvalue weighted by Gasteiger charge is 2.34. The van der Waals surface area contributed by atoms with Crippen LogP contribution in [0.15, 0.2) is 66.7 Å². The summed E-state index contributed by atoms with van der Waals surface area (Å²) in [5, 5.41) is 0. The number of likely N-dealkylation sites (tertiary alicyclic amines) is 1. The van der Waals surface area contributed by atoms with Crippen molar-refractivity contribution in [3.05, 3.63) is 106 Å². The molecule has 0 atom stereocenters. The van der Waals surface area contributed by atoms with Crippen LogP contribution in [-0.4, -0.2) is 31.2 Å². The lowest BCUT2D eigenvalue weighted by atomic mass is 9.84. The van der Waals surface area contributed by atoms with Crippen molar-refractivity contribution in [2.24, 2.45) is 5.92 Å². The summed E-state index contributed by atoms with van der Waals surface area (Å²) in [4.78, 5) is 2.30. The second-order valence-corrected chi connectivity index (χ2v) is 10.4. The maximum atomic E-state index is 13.8. The van der Waals surface area contributed by atoms with Gasteiger partial charge in [0.15, 0.2) is 0 Å². The van der Waals surface area contributed by atoms with Gasteiger partial charge in [0.1, 0.15) is 0 Å². The molecule has 3 aromatic carbocycles. The van der Waals surface area contributed by atoms with E-state index < -0.39 is 11.7 Å². The average molecular weight is 508 g/mol. The standard InChI is InChI=1S/C32H33F4N/c1-22-27(10-5-12-30(22)32(34,35)36)29-11-4-8-25-7-2-3-9-28(25)31(29)26-15-13-23(14-16-26)19-24-20-37(21-24)18-6-17-33/h2-3,5,7,9-10,12-16,24H,4,6,8,11,17-21H2,1H3. The normalized spacial score (nSPS) is 16.9. The molecule has 0 unspecified atom stereocenters. The number of nitrogens with zero attached hydrogens (tertiary/aromatic N) is 1. The molecule has 0 bridgehead atoms. The first-order valence-electron chi connectivity index (χ1n) is 13.2. The highest BCUT2D eigenvalue weighted by molar-refractivity contribution is 6.00. The van der Waals surface area contributed by atoms with Gasteiger partial charge >= 0.3 is 6.18 Å². The number of benzene rings is 3. The number of hydrogen-bond donors (Lipinski definition) is 0. The van der Waals surface area contributed by atoms with Crippen molar-refractivity contribution >= 4 is 11.1 Å². The van der Waals surface area contributed by atoms with Gasteiger partial charge in [0, 0.05) is 19.6 Å². The van der Waals surface area contributed by atoms with Crippen molar-refractivity contribution in [2.75, 3.05) is 26.3 Å². The highest BCUT2D eigenvalue weighted by atomic mass is 19.4. The lowest BCUT2D eigenvalue weighted by molar-refractivity contribution is -0.138. The maximum absolute atomic E-state index is 13.8. The predicted octanol–water partition coefficient (Wildman–Crippen LogP) is 8.14. The van der Waals surface area contributed by atoms with Crippen molar-refractivity contribution in [2.45, 2.75) is 45.2 Å². The van der Waals surface area contributed by atoms with E-state index in [9.17, 15) is 17.6 Å². The Morgan fingerprint density at radius 1 is 0.865 bits per heavy atom. The largest absolute Gasteiger partial charge is 0.416 e. The number of alkyl halides is 4. The number of rotatable bonds is 7. The third-order valence-corrected chi connectivity index (χ3v) is 7.83. The van der Waals surface area contributed by atoms with Gasteiger partial charge in [0.05, 0.1) is 12.2 Å². The minimum Gasteiger partial charge on any atom is -0.303 e. The molecule has 1 saturated heterocycles. The number of allylic oxidation sites excluding steroid dienone is 1. The molecule has 1 aliphatic carbocycles. The molecule has 37 heavy (non-hydrogen) atoms. The molecule has 1 fully saturated rings. The second kappa shape index (κ2) is 10.8. The SMILES string of the molecule is Cc1c(C2=C(c3ccc(CC4CN(CCCF)C4)cc3)c3ccccc3CCC2)cccc1C(F)(F)F. The minimum absolute atomic E-state index is 0.260. The molecule has 0 spiro atoms. The number of halogens is 4. The maximum Gasteiger partial charge on any atom is 0.416 e. The van der Waals surface area contributed by atoms with Crippen LogP contribution in [0.25, 0.3) is 11.1 Å². The molecule has 1 heterocycles. The Morgan fingerprint density at radius 3 is 2.32 bits per heavy atom. The van der Waals surface area contributed by atoms with E-state index in [1.54, 1.807) is 6.92 Å². The number of hydrogen-bond acceptors (Lipinski definition) is 1. The van der Waals surface area contributed by atoms with E-state index in [2.05, 4.69) is 41.3 Å². The highest BCUT2D eigenvalue weighted by Crippen LogP contribution is 2.43. The van der Waals surface area contributed by atoms with Crippen molar-refractivity contribution in [3.63, 3.8) is 0 Å². The molecular formula is C32H33F4N. The van der Waals surface area contributed by atoms with Crippen LogP contribution in [0.4, 0.5) is 17.6 Å². The van der Waals surface area contributed by atoms with E-state index in [0.717, 1.165) is 67.6 Å². The Bertz CT molecular complexity index is 1270. The molecule has 1 aliphatic heterocycles. The van der Waals surface area contributed by atoms with Crippen LogP contribution >= 0.6 is 0 Å². The Kier molecular flexibility index (Phi) is 7.52. The molecule has 1 nitrogen and oxygen atoms in total. The first-order valence-corrected chi connectivity index (χ1v) is 13.2. The van der Waals surface area contributed by atoms with Crippen LogP contribution < -0.4 is 0 Å². The van der Waals surface area contributed by atoms with Crippen LogP contribution in [0.2, 0.25) is 0 Å². The first-order chi connectivity index (χ1) is 17.8. The summed E-state index contributed by atoms with van der Waals surface area (Å²) in [6, 6.07) is 21.4. The monoisotopic (exact) mass is 507 g/mol. The van der Waals surface area contributed by atoms with E-state index in [0.29, 0.717) is 23.5 Å². The zero-order valence-corrected chi connectivity index (χ0v) is 21.3. The van der Waals surface area contributed by atoms with Gasteiger partial charge in [-0.3, -0.25) is 4.39 Å². The van der Waals surface area contributed by atoms with E-state index in [1.807, 2.05) is 18.2 Å². The smallest absolute Gasteiger partial charge is 0.303 e. The van der Waals surface area contributed by atoms with Crippen LogP contribution in [0, 0.1) is 12.8 Å². The summed E-state index contributed by atoms with van der Waals surface area (Å²) < 4.78 is 53.7. The fraction of sp³-hybridized carbons (Fsp3) is 0.375. The van der Waals surface area contributed by atoms with Gasteiger partial charge in [-0.05, 0) is 95.5 Å². The van der Waals surface area contributed by atoms with Gasteiger partial charge in [0.25, 0.3) is 0 Å².